The molecule has 0 aliphatic heterocycles. The number of aryl methyl sites for hydroxylation is 1. The number of anilines is 1. The van der Waals surface area contributed by atoms with Crippen LogP contribution in [0, 0.1) is 6.92 Å². The minimum absolute atomic E-state index is 0.0149. The molecular weight excluding hydrogens is 403 g/mol. The second-order valence-corrected chi connectivity index (χ2v) is 6.96. The highest BCUT2D eigenvalue weighted by Crippen LogP contribution is 2.23. The molecule has 3 N–H and O–H groups in total. The van der Waals surface area contributed by atoms with Gasteiger partial charge in [-0.2, -0.15) is 0 Å². The third-order valence-electron chi connectivity index (χ3n) is 4.27. The molecule has 150 valence electrons. The fourth-order valence-electron chi connectivity index (χ4n) is 2.82. The van der Waals surface area contributed by atoms with E-state index in [2.05, 4.69) is 5.32 Å². The first-order valence-electron chi connectivity index (χ1n) is 8.67. The van der Waals surface area contributed by atoms with Crippen LogP contribution in [0.4, 0.5) is 5.69 Å². The number of nitrogens with one attached hydrogen (secondary N) is 1. The van der Waals surface area contributed by atoms with Crippen LogP contribution in [0.5, 0.6) is 5.75 Å². The molecular formula is C20H22Cl2N2O4. The van der Waals surface area contributed by atoms with Crippen molar-refractivity contribution in [2.75, 3.05) is 29.7 Å². The number of halogens is 2. The molecule has 0 spiro atoms. The zero-order valence-corrected chi connectivity index (χ0v) is 16.9. The van der Waals surface area contributed by atoms with Crippen LogP contribution in [0.25, 0.3) is 0 Å². The normalized spacial score (nSPS) is 11.7. The maximum Gasteiger partial charge on any atom is 0.330 e. The van der Waals surface area contributed by atoms with Gasteiger partial charge < -0.3 is 20.4 Å². The Bertz CT molecular complexity index is 821. The molecule has 0 heterocycles. The van der Waals surface area contributed by atoms with E-state index in [-0.39, 0.29) is 5.75 Å². The number of benzene rings is 2. The van der Waals surface area contributed by atoms with E-state index < -0.39 is 17.9 Å². The molecule has 2 aromatic rings. The predicted molar refractivity (Wildman–Crippen MR) is 111 cm³/mol. The molecule has 1 atom stereocenters. The Kier molecular flexibility index (Phi) is 7.96. The number of aliphatic carboxylic acids is 1. The summed E-state index contributed by atoms with van der Waals surface area (Å²) in [6.07, 6.45) is 0. The predicted octanol–water partition coefficient (Wildman–Crippen LogP) is 3.54. The fraction of sp³-hybridized carbons (Fsp3) is 0.300. The first-order valence-corrected chi connectivity index (χ1v) is 9.74. The second-order valence-electron chi connectivity index (χ2n) is 6.20. The zero-order valence-electron chi connectivity index (χ0n) is 15.4. The van der Waals surface area contributed by atoms with Crippen molar-refractivity contribution in [1.29, 1.82) is 0 Å². The number of phenolic OH excluding ortho intramolecular Hbond substituents is 1. The van der Waals surface area contributed by atoms with Gasteiger partial charge in [-0.1, -0.05) is 18.2 Å². The van der Waals surface area contributed by atoms with Crippen molar-refractivity contribution in [2.24, 2.45) is 0 Å². The molecule has 6 nitrogen and oxygen atoms in total. The molecule has 0 aliphatic carbocycles. The van der Waals surface area contributed by atoms with Gasteiger partial charge in [0, 0.05) is 36.1 Å². The lowest BCUT2D eigenvalue weighted by molar-refractivity contribution is -0.139. The van der Waals surface area contributed by atoms with Crippen molar-refractivity contribution in [2.45, 2.75) is 13.0 Å². The molecule has 1 amide bonds. The summed E-state index contributed by atoms with van der Waals surface area (Å²) in [5.74, 6) is -0.875. The van der Waals surface area contributed by atoms with Gasteiger partial charge in [-0.25, -0.2) is 4.79 Å². The lowest BCUT2D eigenvalue weighted by Gasteiger charge is -2.25. The number of alkyl halides is 2. The number of phenols is 1. The zero-order chi connectivity index (χ0) is 20.7. The fourth-order valence-corrected chi connectivity index (χ4v) is 3.22. The van der Waals surface area contributed by atoms with E-state index in [0.29, 0.717) is 36.0 Å². The summed E-state index contributed by atoms with van der Waals surface area (Å²) in [5.41, 5.74) is 2.47. The monoisotopic (exact) mass is 424 g/mol. The van der Waals surface area contributed by atoms with Crippen molar-refractivity contribution >= 4 is 40.8 Å². The van der Waals surface area contributed by atoms with Gasteiger partial charge in [0.05, 0.1) is 0 Å². The third-order valence-corrected chi connectivity index (χ3v) is 4.61. The van der Waals surface area contributed by atoms with Gasteiger partial charge in [0.2, 0.25) is 0 Å². The molecule has 0 aromatic heterocycles. The number of hydrogen-bond acceptors (Lipinski definition) is 4. The van der Waals surface area contributed by atoms with Gasteiger partial charge >= 0.3 is 5.97 Å². The van der Waals surface area contributed by atoms with Crippen LogP contribution in [0.15, 0.2) is 42.5 Å². The number of amides is 1. The molecule has 0 saturated carbocycles. The van der Waals surface area contributed by atoms with Crippen molar-refractivity contribution in [3.05, 3.63) is 59.2 Å². The SMILES string of the molecule is Cc1ccc(C(=O)N[C@H](C(=O)O)c2ccc(O)cc2)cc1N(CCCl)CCCl. The van der Waals surface area contributed by atoms with Crippen LogP contribution in [0.3, 0.4) is 0 Å². The van der Waals surface area contributed by atoms with Crippen molar-refractivity contribution in [1.82, 2.24) is 5.32 Å². The maximum atomic E-state index is 12.7. The summed E-state index contributed by atoms with van der Waals surface area (Å²) in [7, 11) is 0. The number of hydrogen-bond donors (Lipinski definition) is 3. The van der Waals surface area contributed by atoms with E-state index in [1.54, 1.807) is 18.2 Å². The Labute approximate surface area is 173 Å². The molecule has 0 aliphatic rings. The molecule has 0 saturated heterocycles. The Balaban J connectivity index is 2.28. The largest absolute Gasteiger partial charge is 0.508 e. The van der Waals surface area contributed by atoms with Crippen LogP contribution in [-0.4, -0.2) is 46.9 Å². The standard InChI is InChI=1S/C20H22Cl2N2O4/c1-13-2-3-15(12-17(13)24(10-8-21)11-9-22)19(26)23-18(20(27)28)14-4-6-16(25)7-5-14/h2-7,12,18,25H,8-11H2,1H3,(H,23,26)(H,27,28)/t18-/m0/s1. The Morgan fingerprint density at radius 2 is 1.68 bits per heavy atom. The van der Waals surface area contributed by atoms with Crippen LogP contribution >= 0.6 is 23.2 Å². The summed E-state index contributed by atoms with van der Waals surface area (Å²) in [4.78, 5) is 26.3. The molecule has 0 unspecified atom stereocenters. The molecule has 0 radical (unpaired) electrons. The van der Waals surface area contributed by atoms with E-state index >= 15 is 0 Å². The molecule has 2 rings (SSSR count). The maximum absolute atomic E-state index is 12.7. The summed E-state index contributed by atoms with van der Waals surface area (Å²) >= 11 is 11.7. The quantitative estimate of drug-likeness (QED) is 0.535. The minimum Gasteiger partial charge on any atom is -0.508 e. The lowest BCUT2D eigenvalue weighted by atomic mass is 10.0. The summed E-state index contributed by atoms with van der Waals surface area (Å²) < 4.78 is 0. The smallest absolute Gasteiger partial charge is 0.330 e. The number of carbonyl (C=O) groups is 2. The molecule has 0 fully saturated rings. The van der Waals surface area contributed by atoms with E-state index in [1.165, 1.54) is 24.3 Å². The third kappa shape index (κ3) is 5.53. The number of rotatable bonds is 9. The number of carboxylic acids is 1. The molecule has 2 aromatic carbocycles. The first kappa shape index (κ1) is 21.9. The summed E-state index contributed by atoms with van der Waals surface area (Å²) in [6, 6.07) is 9.57. The average molecular weight is 425 g/mol. The van der Waals surface area contributed by atoms with Gasteiger partial charge in [0.25, 0.3) is 5.91 Å². The van der Waals surface area contributed by atoms with Gasteiger partial charge in [0.1, 0.15) is 5.75 Å². The van der Waals surface area contributed by atoms with Crippen LogP contribution < -0.4 is 10.2 Å². The van der Waals surface area contributed by atoms with Crippen molar-refractivity contribution in [3.63, 3.8) is 0 Å². The van der Waals surface area contributed by atoms with Crippen LogP contribution in [0.1, 0.15) is 27.5 Å². The van der Waals surface area contributed by atoms with Gasteiger partial charge in [-0.15, -0.1) is 23.2 Å². The van der Waals surface area contributed by atoms with E-state index in [9.17, 15) is 19.8 Å². The van der Waals surface area contributed by atoms with E-state index in [0.717, 1.165) is 11.3 Å². The van der Waals surface area contributed by atoms with E-state index in [4.69, 9.17) is 23.2 Å². The minimum atomic E-state index is -1.24. The van der Waals surface area contributed by atoms with Gasteiger partial charge in [0.15, 0.2) is 6.04 Å². The highest BCUT2D eigenvalue weighted by molar-refractivity contribution is 6.18. The lowest BCUT2D eigenvalue weighted by Crippen LogP contribution is -2.34. The van der Waals surface area contributed by atoms with Gasteiger partial charge in [-0.3, -0.25) is 4.79 Å². The van der Waals surface area contributed by atoms with Crippen LogP contribution in [-0.2, 0) is 4.79 Å². The average Bonchev–Trinajstić information content (AvgIpc) is 2.67. The van der Waals surface area contributed by atoms with Crippen molar-refractivity contribution < 1.29 is 19.8 Å². The molecule has 0 bridgehead atoms. The van der Waals surface area contributed by atoms with Crippen LogP contribution in [0.2, 0.25) is 0 Å². The molecule has 28 heavy (non-hydrogen) atoms. The Morgan fingerprint density at radius 3 is 2.21 bits per heavy atom. The highest BCUT2D eigenvalue weighted by Gasteiger charge is 2.23. The number of carboxylic acid groups (broad SMARTS) is 1. The molecule has 8 heteroatoms. The number of carbonyl (C=O) groups excluding carboxylic acids is 1. The first-order chi connectivity index (χ1) is 13.4. The summed E-state index contributed by atoms with van der Waals surface area (Å²) in [6.45, 7) is 3.07. The van der Waals surface area contributed by atoms with Crippen molar-refractivity contribution in [3.8, 4) is 5.75 Å². The van der Waals surface area contributed by atoms with E-state index in [1.807, 2.05) is 11.8 Å². The Morgan fingerprint density at radius 1 is 1.07 bits per heavy atom. The Hall–Kier alpha value is -2.44. The highest BCUT2D eigenvalue weighted by atomic mass is 35.5. The number of nitrogens with zero attached hydrogens (tertiary/aromatic N) is 1. The summed E-state index contributed by atoms with van der Waals surface area (Å²) in [5, 5.41) is 21.4. The van der Waals surface area contributed by atoms with Gasteiger partial charge in [-0.05, 0) is 42.3 Å². The second kappa shape index (κ2) is 10.2. The topological polar surface area (TPSA) is 89.9 Å². The number of aromatic hydroxyl groups is 1.